The van der Waals surface area contributed by atoms with E-state index in [4.69, 9.17) is 5.11 Å². The summed E-state index contributed by atoms with van der Waals surface area (Å²) < 4.78 is 18.3. The first-order valence-electron chi connectivity index (χ1n) is 5.62. The maximum absolute atomic E-state index is 13.6. The number of phenolic OH excluding ortho intramolecular Hbond substituents is 1. The number of halogens is 1. The molecule has 0 fully saturated rings. The van der Waals surface area contributed by atoms with Crippen molar-refractivity contribution in [2.24, 2.45) is 0 Å². The molecular formula is C13H18FNO3. The van der Waals surface area contributed by atoms with Gasteiger partial charge in [-0.1, -0.05) is 6.07 Å². The minimum atomic E-state index is -0.918. The number of nitrogens with one attached hydrogen (secondary N) is 1. The van der Waals surface area contributed by atoms with Crippen LogP contribution < -0.4 is 5.32 Å². The summed E-state index contributed by atoms with van der Waals surface area (Å²) in [6.45, 7) is 5.06. The van der Waals surface area contributed by atoms with Gasteiger partial charge in [0.05, 0.1) is 7.11 Å². The van der Waals surface area contributed by atoms with Crippen LogP contribution in [0.4, 0.5) is 4.39 Å². The van der Waals surface area contributed by atoms with Gasteiger partial charge in [-0.3, -0.25) is 10.1 Å². The molecule has 1 rings (SSSR count). The van der Waals surface area contributed by atoms with Crippen LogP contribution >= 0.6 is 0 Å². The lowest BCUT2D eigenvalue weighted by Gasteiger charge is -2.28. The number of methoxy groups -OCH3 is 1. The van der Waals surface area contributed by atoms with Crippen molar-refractivity contribution in [2.45, 2.75) is 32.4 Å². The molecule has 4 nitrogen and oxygen atoms in total. The van der Waals surface area contributed by atoms with E-state index in [0.29, 0.717) is 5.56 Å². The van der Waals surface area contributed by atoms with E-state index in [-0.39, 0.29) is 11.8 Å². The Bertz CT molecular complexity index is 446. The van der Waals surface area contributed by atoms with Gasteiger partial charge in [-0.15, -0.1) is 0 Å². The smallest absolute Gasteiger partial charge is 0.325 e. The molecule has 0 radical (unpaired) electrons. The quantitative estimate of drug-likeness (QED) is 0.809. The third kappa shape index (κ3) is 3.20. The minimum Gasteiger partial charge on any atom is -0.508 e. The number of benzene rings is 1. The summed E-state index contributed by atoms with van der Waals surface area (Å²) in [4.78, 5) is 11.5. The van der Waals surface area contributed by atoms with Crippen LogP contribution in [0.5, 0.6) is 5.75 Å². The Kier molecular flexibility index (Phi) is 4.29. The summed E-state index contributed by atoms with van der Waals surface area (Å²) in [6.07, 6.45) is 0. The predicted molar refractivity (Wildman–Crippen MR) is 65.7 cm³/mol. The monoisotopic (exact) mass is 255 g/mol. The molecule has 100 valence electrons. The predicted octanol–water partition coefficient (Wildman–Crippen LogP) is 2.13. The van der Waals surface area contributed by atoms with Crippen LogP contribution in [-0.4, -0.2) is 23.7 Å². The number of ether oxygens (including phenoxy) is 1. The van der Waals surface area contributed by atoms with E-state index in [9.17, 15) is 9.18 Å². The second kappa shape index (κ2) is 5.35. The summed E-state index contributed by atoms with van der Waals surface area (Å²) in [5, 5.41) is 12.1. The maximum Gasteiger partial charge on any atom is 0.325 e. The van der Waals surface area contributed by atoms with E-state index in [0.717, 1.165) is 6.07 Å². The Balaban J connectivity index is 2.88. The Morgan fingerprint density at radius 2 is 2.11 bits per heavy atom. The third-order valence-electron chi connectivity index (χ3n) is 2.72. The molecule has 0 aliphatic heterocycles. The largest absolute Gasteiger partial charge is 0.508 e. The first kappa shape index (κ1) is 14.4. The number of carbonyl (C=O) groups excluding carboxylic acids is 1. The SMILES string of the molecule is COC(=O)C(C)(C)NC(C)c1ccc(O)cc1F. The highest BCUT2D eigenvalue weighted by molar-refractivity contribution is 5.79. The van der Waals surface area contributed by atoms with Crippen molar-refractivity contribution in [3.05, 3.63) is 29.6 Å². The number of hydrogen-bond donors (Lipinski definition) is 2. The molecule has 0 amide bonds. The van der Waals surface area contributed by atoms with Crippen LogP contribution in [0.2, 0.25) is 0 Å². The molecule has 0 spiro atoms. The molecule has 0 bridgehead atoms. The molecule has 0 aliphatic rings. The minimum absolute atomic E-state index is 0.129. The van der Waals surface area contributed by atoms with Crippen LogP contribution in [0.1, 0.15) is 32.4 Å². The van der Waals surface area contributed by atoms with E-state index < -0.39 is 17.3 Å². The lowest BCUT2D eigenvalue weighted by atomic mass is 10.0. The summed E-state index contributed by atoms with van der Waals surface area (Å²) in [6, 6.07) is 3.54. The van der Waals surface area contributed by atoms with E-state index in [1.807, 2.05) is 0 Å². The van der Waals surface area contributed by atoms with Gasteiger partial charge >= 0.3 is 5.97 Å². The number of phenols is 1. The molecule has 0 saturated carbocycles. The molecule has 5 heteroatoms. The van der Waals surface area contributed by atoms with Crippen molar-refractivity contribution in [1.29, 1.82) is 0 Å². The first-order valence-corrected chi connectivity index (χ1v) is 5.62. The first-order chi connectivity index (χ1) is 8.27. The van der Waals surface area contributed by atoms with E-state index in [1.54, 1.807) is 20.8 Å². The summed E-state index contributed by atoms with van der Waals surface area (Å²) >= 11 is 0. The van der Waals surface area contributed by atoms with Gasteiger partial charge in [-0.2, -0.15) is 0 Å². The molecule has 0 saturated heterocycles. The summed E-state index contributed by atoms with van der Waals surface area (Å²) in [5.74, 6) is -1.07. The van der Waals surface area contributed by atoms with Crippen LogP contribution in [0.25, 0.3) is 0 Å². The average molecular weight is 255 g/mol. The molecule has 0 aromatic heterocycles. The Hall–Kier alpha value is -1.62. The molecular weight excluding hydrogens is 237 g/mol. The molecule has 2 N–H and O–H groups in total. The zero-order chi connectivity index (χ0) is 13.9. The number of esters is 1. The van der Waals surface area contributed by atoms with Crippen LogP contribution in [-0.2, 0) is 9.53 Å². The zero-order valence-electron chi connectivity index (χ0n) is 11.0. The van der Waals surface area contributed by atoms with Gasteiger partial charge in [0, 0.05) is 17.7 Å². The second-order valence-corrected chi connectivity index (χ2v) is 4.69. The number of hydrogen-bond acceptors (Lipinski definition) is 4. The highest BCUT2D eigenvalue weighted by atomic mass is 19.1. The van der Waals surface area contributed by atoms with Crippen molar-refractivity contribution in [2.75, 3.05) is 7.11 Å². The molecule has 1 aromatic rings. The van der Waals surface area contributed by atoms with Crippen LogP contribution in [0.15, 0.2) is 18.2 Å². The fourth-order valence-corrected chi connectivity index (χ4v) is 1.80. The average Bonchev–Trinajstić information content (AvgIpc) is 2.26. The maximum atomic E-state index is 13.6. The van der Waals surface area contributed by atoms with Crippen molar-refractivity contribution >= 4 is 5.97 Å². The molecule has 0 aliphatic carbocycles. The van der Waals surface area contributed by atoms with Gasteiger partial charge in [0.15, 0.2) is 0 Å². The molecule has 1 unspecified atom stereocenters. The van der Waals surface area contributed by atoms with Crippen molar-refractivity contribution in [3.63, 3.8) is 0 Å². The lowest BCUT2D eigenvalue weighted by Crippen LogP contribution is -2.48. The van der Waals surface area contributed by atoms with Crippen molar-refractivity contribution in [1.82, 2.24) is 5.32 Å². The standard InChI is InChI=1S/C13H18FNO3/c1-8(15-13(2,3)12(17)18-4)10-6-5-9(16)7-11(10)14/h5-8,15-16H,1-4H3. The molecule has 1 aromatic carbocycles. The third-order valence-corrected chi connectivity index (χ3v) is 2.72. The van der Waals surface area contributed by atoms with E-state index in [1.165, 1.54) is 19.2 Å². The highest BCUT2D eigenvalue weighted by Crippen LogP contribution is 2.23. The normalized spacial score (nSPS) is 13.2. The highest BCUT2D eigenvalue weighted by Gasteiger charge is 2.30. The van der Waals surface area contributed by atoms with Crippen LogP contribution in [0.3, 0.4) is 0 Å². The Morgan fingerprint density at radius 1 is 1.50 bits per heavy atom. The van der Waals surface area contributed by atoms with Gasteiger partial charge in [-0.25, -0.2) is 4.39 Å². The van der Waals surface area contributed by atoms with Crippen molar-refractivity contribution < 1.29 is 19.0 Å². The van der Waals surface area contributed by atoms with Crippen molar-refractivity contribution in [3.8, 4) is 5.75 Å². The summed E-state index contributed by atoms with van der Waals surface area (Å²) in [7, 11) is 1.30. The van der Waals surface area contributed by atoms with Gasteiger partial charge in [-0.05, 0) is 26.8 Å². The van der Waals surface area contributed by atoms with Crippen LogP contribution in [0, 0.1) is 5.82 Å². The number of aromatic hydroxyl groups is 1. The topological polar surface area (TPSA) is 58.6 Å². The fourth-order valence-electron chi connectivity index (χ4n) is 1.80. The zero-order valence-corrected chi connectivity index (χ0v) is 11.0. The van der Waals surface area contributed by atoms with Gasteiger partial charge in [0.25, 0.3) is 0 Å². The van der Waals surface area contributed by atoms with Gasteiger partial charge < -0.3 is 9.84 Å². The van der Waals surface area contributed by atoms with Gasteiger partial charge in [0.2, 0.25) is 0 Å². The fraction of sp³-hybridized carbons (Fsp3) is 0.462. The molecule has 0 heterocycles. The number of rotatable bonds is 4. The Labute approximate surface area is 106 Å². The molecule has 18 heavy (non-hydrogen) atoms. The molecule has 1 atom stereocenters. The number of carbonyl (C=O) groups is 1. The van der Waals surface area contributed by atoms with E-state index >= 15 is 0 Å². The second-order valence-electron chi connectivity index (χ2n) is 4.69. The Morgan fingerprint density at radius 3 is 2.61 bits per heavy atom. The lowest BCUT2D eigenvalue weighted by molar-refractivity contribution is -0.147. The van der Waals surface area contributed by atoms with E-state index in [2.05, 4.69) is 10.1 Å². The summed E-state index contributed by atoms with van der Waals surface area (Å²) in [5.41, 5.74) is -0.539. The van der Waals surface area contributed by atoms with Gasteiger partial charge in [0.1, 0.15) is 17.1 Å².